The highest BCUT2D eigenvalue weighted by Gasteiger charge is 2.04. The lowest BCUT2D eigenvalue weighted by atomic mass is 10.1. The van der Waals surface area contributed by atoms with Crippen molar-refractivity contribution in [3.8, 4) is 5.75 Å². The Morgan fingerprint density at radius 3 is 2.44 bits per heavy atom. The summed E-state index contributed by atoms with van der Waals surface area (Å²) in [5, 5.41) is 12.1. The molecule has 0 spiro atoms. The molecule has 0 amide bonds. The normalized spacial score (nSPS) is 13.4. The number of benzene rings is 1. The Morgan fingerprint density at radius 1 is 1.28 bits per heavy atom. The third-order valence-electron chi connectivity index (χ3n) is 2.96. The van der Waals surface area contributed by atoms with Crippen LogP contribution in [0.2, 0.25) is 0 Å². The average Bonchev–Trinajstić information content (AvgIpc) is 2.39. The minimum Gasteiger partial charge on any atom is -0.493 e. The van der Waals surface area contributed by atoms with Crippen LogP contribution < -0.4 is 4.74 Å². The first kappa shape index (κ1) is 14.6. The van der Waals surface area contributed by atoms with Crippen molar-refractivity contribution in [1.29, 1.82) is 0 Å². The Kier molecular flexibility index (Phi) is 6.26. The van der Waals surface area contributed by atoms with Crippen LogP contribution in [0.25, 0.3) is 0 Å². The molecule has 3 nitrogen and oxygen atoms in total. The molecule has 0 aliphatic carbocycles. The summed E-state index contributed by atoms with van der Waals surface area (Å²) in [6.45, 7) is 7.10. The standard InChI is InChI=1S/C15H23NO2/c1-4-6-12(3)11-18-14-9-7-13(8-10-14)15(5-2)16-17/h7-10,12,17H,4-6,11H2,1-3H3. The molecule has 0 radical (unpaired) electrons. The molecule has 0 saturated heterocycles. The average molecular weight is 249 g/mol. The largest absolute Gasteiger partial charge is 0.493 e. The summed E-state index contributed by atoms with van der Waals surface area (Å²) in [6.07, 6.45) is 3.09. The molecule has 0 aromatic heterocycles. The van der Waals surface area contributed by atoms with Gasteiger partial charge in [0.2, 0.25) is 0 Å². The van der Waals surface area contributed by atoms with Crippen molar-refractivity contribution in [2.24, 2.45) is 11.1 Å². The van der Waals surface area contributed by atoms with E-state index in [2.05, 4.69) is 19.0 Å². The minimum absolute atomic E-state index is 0.583. The van der Waals surface area contributed by atoms with Crippen LogP contribution >= 0.6 is 0 Å². The fraction of sp³-hybridized carbons (Fsp3) is 0.533. The Hall–Kier alpha value is -1.51. The van der Waals surface area contributed by atoms with Gasteiger partial charge in [0, 0.05) is 0 Å². The van der Waals surface area contributed by atoms with E-state index >= 15 is 0 Å². The number of oxime groups is 1. The number of nitrogens with zero attached hydrogens (tertiary/aromatic N) is 1. The minimum atomic E-state index is 0.583. The first-order valence-electron chi connectivity index (χ1n) is 6.65. The van der Waals surface area contributed by atoms with Crippen LogP contribution in [0, 0.1) is 5.92 Å². The Balaban J connectivity index is 2.55. The highest BCUT2D eigenvalue weighted by molar-refractivity contribution is 6.00. The zero-order valence-corrected chi connectivity index (χ0v) is 11.5. The second-order valence-corrected chi connectivity index (χ2v) is 4.63. The van der Waals surface area contributed by atoms with Crippen LogP contribution in [0.4, 0.5) is 0 Å². The van der Waals surface area contributed by atoms with E-state index in [0.29, 0.717) is 18.1 Å². The Bertz CT molecular complexity index is 371. The molecule has 1 aromatic carbocycles. The summed E-state index contributed by atoms with van der Waals surface area (Å²) in [5.41, 5.74) is 1.63. The molecule has 1 aromatic rings. The van der Waals surface area contributed by atoms with Crippen molar-refractivity contribution < 1.29 is 9.94 Å². The molecular weight excluding hydrogens is 226 g/mol. The third-order valence-corrected chi connectivity index (χ3v) is 2.96. The van der Waals surface area contributed by atoms with E-state index in [1.165, 1.54) is 12.8 Å². The van der Waals surface area contributed by atoms with E-state index in [0.717, 1.165) is 17.9 Å². The summed E-state index contributed by atoms with van der Waals surface area (Å²) in [4.78, 5) is 0. The van der Waals surface area contributed by atoms with Gasteiger partial charge < -0.3 is 9.94 Å². The van der Waals surface area contributed by atoms with Crippen molar-refractivity contribution in [3.63, 3.8) is 0 Å². The summed E-state index contributed by atoms with van der Waals surface area (Å²) in [6, 6.07) is 7.71. The Labute approximate surface area is 109 Å². The highest BCUT2D eigenvalue weighted by Crippen LogP contribution is 2.15. The summed E-state index contributed by atoms with van der Waals surface area (Å²) in [7, 11) is 0. The molecule has 0 heterocycles. The van der Waals surface area contributed by atoms with Crippen LogP contribution in [-0.4, -0.2) is 17.5 Å². The predicted octanol–water partition coefficient (Wildman–Crippen LogP) is 4.09. The number of hydrogen-bond acceptors (Lipinski definition) is 3. The molecular formula is C15H23NO2. The Morgan fingerprint density at radius 2 is 1.94 bits per heavy atom. The lowest BCUT2D eigenvalue weighted by Crippen LogP contribution is -2.08. The molecule has 0 fully saturated rings. The summed E-state index contributed by atoms with van der Waals surface area (Å²) < 4.78 is 5.72. The lowest BCUT2D eigenvalue weighted by molar-refractivity contribution is 0.251. The quantitative estimate of drug-likeness (QED) is 0.449. The van der Waals surface area contributed by atoms with Gasteiger partial charge in [0.15, 0.2) is 0 Å². The summed E-state index contributed by atoms with van der Waals surface area (Å²) in [5.74, 6) is 1.45. The van der Waals surface area contributed by atoms with Gasteiger partial charge >= 0.3 is 0 Å². The van der Waals surface area contributed by atoms with Gasteiger partial charge in [-0.2, -0.15) is 0 Å². The summed E-state index contributed by atoms with van der Waals surface area (Å²) >= 11 is 0. The van der Waals surface area contributed by atoms with E-state index in [9.17, 15) is 0 Å². The van der Waals surface area contributed by atoms with Crippen molar-refractivity contribution in [2.45, 2.75) is 40.0 Å². The van der Waals surface area contributed by atoms with Crippen molar-refractivity contribution >= 4 is 5.71 Å². The van der Waals surface area contributed by atoms with Gasteiger partial charge in [0.25, 0.3) is 0 Å². The first-order valence-corrected chi connectivity index (χ1v) is 6.65. The molecule has 0 aliphatic rings. The van der Waals surface area contributed by atoms with Crippen LogP contribution in [-0.2, 0) is 0 Å². The molecule has 18 heavy (non-hydrogen) atoms. The van der Waals surface area contributed by atoms with Crippen LogP contribution in [0.1, 0.15) is 45.6 Å². The van der Waals surface area contributed by atoms with Gasteiger partial charge in [-0.25, -0.2) is 0 Å². The molecule has 1 N–H and O–H groups in total. The van der Waals surface area contributed by atoms with Gasteiger partial charge in [0.1, 0.15) is 5.75 Å². The van der Waals surface area contributed by atoms with Gasteiger partial charge in [-0.3, -0.25) is 0 Å². The third kappa shape index (κ3) is 4.40. The second-order valence-electron chi connectivity index (χ2n) is 4.63. The van der Waals surface area contributed by atoms with E-state index in [-0.39, 0.29) is 0 Å². The van der Waals surface area contributed by atoms with E-state index in [1.807, 2.05) is 31.2 Å². The van der Waals surface area contributed by atoms with Crippen LogP contribution in [0.3, 0.4) is 0 Å². The molecule has 0 saturated carbocycles. The fourth-order valence-corrected chi connectivity index (χ4v) is 1.89. The van der Waals surface area contributed by atoms with Crippen molar-refractivity contribution in [2.75, 3.05) is 6.61 Å². The SMILES string of the molecule is CCCC(C)COc1ccc(C(CC)=NO)cc1. The monoisotopic (exact) mass is 249 g/mol. The number of ether oxygens (including phenoxy) is 1. The molecule has 100 valence electrons. The maximum absolute atomic E-state index is 8.84. The maximum atomic E-state index is 8.84. The molecule has 1 unspecified atom stereocenters. The van der Waals surface area contributed by atoms with Crippen molar-refractivity contribution in [1.82, 2.24) is 0 Å². The van der Waals surface area contributed by atoms with Gasteiger partial charge in [-0.15, -0.1) is 0 Å². The number of hydrogen-bond donors (Lipinski definition) is 1. The van der Waals surface area contributed by atoms with Crippen molar-refractivity contribution in [3.05, 3.63) is 29.8 Å². The van der Waals surface area contributed by atoms with Gasteiger partial charge in [-0.1, -0.05) is 32.3 Å². The number of rotatable bonds is 7. The maximum Gasteiger partial charge on any atom is 0.119 e. The molecule has 1 atom stereocenters. The van der Waals surface area contributed by atoms with Gasteiger partial charge in [0.05, 0.1) is 12.3 Å². The zero-order chi connectivity index (χ0) is 13.4. The smallest absolute Gasteiger partial charge is 0.119 e. The molecule has 1 rings (SSSR count). The van der Waals surface area contributed by atoms with Crippen LogP contribution in [0.15, 0.2) is 29.4 Å². The fourth-order valence-electron chi connectivity index (χ4n) is 1.89. The van der Waals surface area contributed by atoms with E-state index < -0.39 is 0 Å². The van der Waals surface area contributed by atoms with E-state index in [1.54, 1.807) is 0 Å². The lowest BCUT2D eigenvalue weighted by Gasteiger charge is -2.12. The molecule has 0 bridgehead atoms. The topological polar surface area (TPSA) is 41.8 Å². The van der Waals surface area contributed by atoms with Crippen LogP contribution in [0.5, 0.6) is 5.75 Å². The predicted molar refractivity (Wildman–Crippen MR) is 74.6 cm³/mol. The second kappa shape index (κ2) is 7.75. The first-order chi connectivity index (χ1) is 8.71. The highest BCUT2D eigenvalue weighted by atomic mass is 16.5. The van der Waals surface area contributed by atoms with E-state index in [4.69, 9.17) is 9.94 Å². The molecule has 3 heteroatoms. The van der Waals surface area contributed by atoms with Gasteiger partial charge in [-0.05, 0) is 48.6 Å². The molecule has 0 aliphatic heterocycles. The zero-order valence-electron chi connectivity index (χ0n) is 11.5.